The van der Waals surface area contributed by atoms with E-state index in [0.29, 0.717) is 24.4 Å². The Morgan fingerprint density at radius 1 is 1.20 bits per heavy atom. The van der Waals surface area contributed by atoms with Gasteiger partial charge >= 0.3 is 0 Å². The minimum Gasteiger partial charge on any atom is -0.496 e. The number of aromatic amines is 1. The number of halogens is 1. The Morgan fingerprint density at radius 3 is 2.80 bits per heavy atom. The van der Waals surface area contributed by atoms with Gasteiger partial charge in [0.15, 0.2) is 11.5 Å². The van der Waals surface area contributed by atoms with Gasteiger partial charge in [0.25, 0.3) is 0 Å². The van der Waals surface area contributed by atoms with Crippen molar-refractivity contribution in [2.45, 2.75) is 13.1 Å². The van der Waals surface area contributed by atoms with Crippen molar-refractivity contribution >= 4 is 11.0 Å². The highest BCUT2D eigenvalue weighted by atomic mass is 19.1. The van der Waals surface area contributed by atoms with Crippen molar-refractivity contribution in [3.05, 3.63) is 47.5 Å². The van der Waals surface area contributed by atoms with E-state index in [4.69, 9.17) is 14.2 Å². The van der Waals surface area contributed by atoms with Crippen LogP contribution in [0.1, 0.15) is 11.4 Å². The summed E-state index contributed by atoms with van der Waals surface area (Å²) in [5.41, 5.74) is 2.45. The highest BCUT2D eigenvalue weighted by Crippen LogP contribution is 2.38. The molecule has 0 radical (unpaired) electrons. The average molecular weight is 343 g/mol. The smallest absolute Gasteiger partial charge is 0.231 e. The van der Waals surface area contributed by atoms with E-state index in [9.17, 15) is 4.39 Å². The van der Waals surface area contributed by atoms with Crippen LogP contribution in [0.4, 0.5) is 4.39 Å². The van der Waals surface area contributed by atoms with Crippen molar-refractivity contribution in [3.63, 3.8) is 0 Å². The maximum atomic E-state index is 13.3. The van der Waals surface area contributed by atoms with E-state index in [-0.39, 0.29) is 12.6 Å². The summed E-state index contributed by atoms with van der Waals surface area (Å²) in [5.74, 6) is 2.68. The van der Waals surface area contributed by atoms with Crippen LogP contribution in [0, 0.1) is 5.82 Å². The molecule has 0 fully saturated rings. The first kappa shape index (κ1) is 15.7. The number of rotatable bonds is 5. The van der Waals surface area contributed by atoms with Gasteiger partial charge in [-0.05, 0) is 31.3 Å². The van der Waals surface area contributed by atoms with E-state index >= 15 is 0 Å². The lowest BCUT2D eigenvalue weighted by Crippen LogP contribution is -2.18. The van der Waals surface area contributed by atoms with Crippen LogP contribution in [0.5, 0.6) is 17.2 Å². The molecule has 0 saturated carbocycles. The molecular formula is C18H18FN3O3. The Morgan fingerprint density at radius 2 is 2.00 bits per heavy atom. The van der Waals surface area contributed by atoms with Gasteiger partial charge in [-0.15, -0.1) is 0 Å². The van der Waals surface area contributed by atoms with Crippen molar-refractivity contribution < 1.29 is 18.6 Å². The van der Waals surface area contributed by atoms with Crippen molar-refractivity contribution in [2.75, 3.05) is 21.0 Å². The fraction of sp³-hybridized carbons (Fsp3) is 0.278. The van der Waals surface area contributed by atoms with Crippen molar-refractivity contribution in [1.82, 2.24) is 14.9 Å². The minimum atomic E-state index is -0.277. The third-order valence-corrected chi connectivity index (χ3v) is 4.13. The molecule has 25 heavy (non-hydrogen) atoms. The first-order valence-corrected chi connectivity index (χ1v) is 7.91. The zero-order valence-corrected chi connectivity index (χ0v) is 14.0. The molecule has 130 valence electrons. The molecule has 4 rings (SSSR count). The van der Waals surface area contributed by atoms with Crippen molar-refractivity contribution in [1.29, 1.82) is 0 Å². The molecule has 0 bridgehead atoms. The number of hydrogen-bond donors (Lipinski definition) is 1. The summed E-state index contributed by atoms with van der Waals surface area (Å²) in [7, 11) is 3.62. The molecule has 0 aliphatic carbocycles. The molecule has 1 aliphatic heterocycles. The molecule has 2 heterocycles. The number of nitrogens with one attached hydrogen (secondary N) is 1. The van der Waals surface area contributed by atoms with E-state index in [2.05, 4.69) is 14.9 Å². The number of ether oxygens (including phenoxy) is 3. The summed E-state index contributed by atoms with van der Waals surface area (Å²) in [4.78, 5) is 9.74. The highest BCUT2D eigenvalue weighted by Gasteiger charge is 2.19. The van der Waals surface area contributed by atoms with Crippen molar-refractivity contribution in [2.24, 2.45) is 0 Å². The van der Waals surface area contributed by atoms with Gasteiger partial charge in [0.1, 0.15) is 17.4 Å². The molecule has 6 nitrogen and oxygen atoms in total. The van der Waals surface area contributed by atoms with E-state index in [1.54, 1.807) is 13.2 Å². The second-order valence-electron chi connectivity index (χ2n) is 6.03. The summed E-state index contributed by atoms with van der Waals surface area (Å²) >= 11 is 0. The number of benzene rings is 2. The first-order valence-electron chi connectivity index (χ1n) is 7.91. The summed E-state index contributed by atoms with van der Waals surface area (Å²) in [5, 5.41) is 0. The second-order valence-corrected chi connectivity index (χ2v) is 6.03. The number of H-pyrrole nitrogens is 1. The SMILES string of the molecule is COc1cc2c(cc1CN(C)Cc1nc3ccc(F)cc3[nH]1)OCO2. The van der Waals surface area contributed by atoms with Gasteiger partial charge in [0, 0.05) is 18.2 Å². The van der Waals surface area contributed by atoms with Gasteiger partial charge in [-0.3, -0.25) is 4.90 Å². The van der Waals surface area contributed by atoms with Gasteiger partial charge in [0.05, 0.1) is 24.7 Å². The number of imidazole rings is 1. The van der Waals surface area contributed by atoms with Crippen LogP contribution < -0.4 is 14.2 Å². The number of methoxy groups -OCH3 is 1. The van der Waals surface area contributed by atoms with Crippen LogP contribution in [0.3, 0.4) is 0 Å². The second kappa shape index (κ2) is 6.25. The minimum absolute atomic E-state index is 0.229. The first-order chi connectivity index (χ1) is 12.1. The van der Waals surface area contributed by atoms with E-state index in [1.165, 1.54) is 12.1 Å². The molecule has 0 unspecified atom stereocenters. The topological polar surface area (TPSA) is 59.6 Å². The van der Waals surface area contributed by atoms with Crippen LogP contribution >= 0.6 is 0 Å². The highest BCUT2D eigenvalue weighted by molar-refractivity contribution is 5.74. The number of fused-ring (bicyclic) bond motifs is 2. The molecule has 3 aromatic rings. The zero-order valence-electron chi connectivity index (χ0n) is 14.0. The van der Waals surface area contributed by atoms with E-state index in [0.717, 1.165) is 28.4 Å². The van der Waals surface area contributed by atoms with E-state index in [1.807, 2.05) is 19.2 Å². The summed E-state index contributed by atoms with van der Waals surface area (Å²) < 4.78 is 29.6. The quantitative estimate of drug-likeness (QED) is 0.771. The Bertz CT molecular complexity index is 925. The lowest BCUT2D eigenvalue weighted by Gasteiger charge is -2.17. The molecule has 1 N–H and O–H groups in total. The van der Waals surface area contributed by atoms with E-state index < -0.39 is 0 Å². The Labute approximate surface area is 144 Å². The largest absolute Gasteiger partial charge is 0.496 e. The monoisotopic (exact) mass is 343 g/mol. The van der Waals surface area contributed by atoms with Crippen LogP contribution in [-0.4, -0.2) is 35.8 Å². The molecule has 0 spiro atoms. The standard InChI is InChI=1S/C18H18FN3O3/c1-22(9-18-20-13-4-3-12(19)6-14(13)21-18)8-11-5-16-17(25-10-24-16)7-15(11)23-2/h3-7H,8-10H2,1-2H3,(H,20,21). The molecule has 0 amide bonds. The van der Waals surface area contributed by atoms with Crippen molar-refractivity contribution in [3.8, 4) is 17.2 Å². The van der Waals surface area contributed by atoms with Gasteiger partial charge in [-0.2, -0.15) is 0 Å². The van der Waals surface area contributed by atoms with Crippen LogP contribution in [0.25, 0.3) is 11.0 Å². The fourth-order valence-electron chi connectivity index (χ4n) is 2.99. The zero-order chi connectivity index (χ0) is 17.4. The Balaban J connectivity index is 1.52. The molecule has 7 heteroatoms. The average Bonchev–Trinajstić information content (AvgIpc) is 3.18. The maximum absolute atomic E-state index is 13.3. The van der Waals surface area contributed by atoms with Gasteiger partial charge in [0.2, 0.25) is 6.79 Å². The molecule has 0 saturated heterocycles. The van der Waals surface area contributed by atoms with Crippen LogP contribution in [0.15, 0.2) is 30.3 Å². The van der Waals surface area contributed by atoms with Crippen LogP contribution in [0.2, 0.25) is 0 Å². The third-order valence-electron chi connectivity index (χ3n) is 4.13. The normalized spacial score (nSPS) is 13.0. The maximum Gasteiger partial charge on any atom is 0.231 e. The van der Waals surface area contributed by atoms with Crippen LogP contribution in [-0.2, 0) is 13.1 Å². The Hall–Kier alpha value is -2.80. The molecule has 2 aromatic carbocycles. The Kier molecular flexibility index (Phi) is 3.93. The number of nitrogens with zero attached hydrogens (tertiary/aromatic N) is 2. The molecule has 0 atom stereocenters. The number of aromatic nitrogens is 2. The molecular weight excluding hydrogens is 325 g/mol. The summed E-state index contributed by atoms with van der Waals surface area (Å²) in [6.07, 6.45) is 0. The number of hydrogen-bond acceptors (Lipinski definition) is 5. The lowest BCUT2D eigenvalue weighted by atomic mass is 10.1. The summed E-state index contributed by atoms with van der Waals surface area (Å²) in [6, 6.07) is 8.31. The predicted molar refractivity (Wildman–Crippen MR) is 90.3 cm³/mol. The third kappa shape index (κ3) is 3.10. The predicted octanol–water partition coefficient (Wildman–Crippen LogP) is 3.07. The van der Waals surface area contributed by atoms with Gasteiger partial charge in [-0.25, -0.2) is 9.37 Å². The molecule has 1 aliphatic rings. The molecule has 1 aromatic heterocycles. The van der Waals surface area contributed by atoms with Gasteiger partial charge < -0.3 is 19.2 Å². The fourth-order valence-corrected chi connectivity index (χ4v) is 2.99. The van der Waals surface area contributed by atoms with Gasteiger partial charge in [-0.1, -0.05) is 0 Å². The summed E-state index contributed by atoms with van der Waals surface area (Å²) in [6.45, 7) is 1.46. The lowest BCUT2D eigenvalue weighted by molar-refractivity contribution is 0.174.